The molecule has 7 nitrogen and oxygen atoms in total. The Morgan fingerprint density at radius 3 is 2.00 bits per heavy atom. The van der Waals surface area contributed by atoms with Gasteiger partial charge in [-0.3, -0.25) is 19.4 Å². The number of barbiturate groups is 1. The molecule has 1 aliphatic heterocycles. The van der Waals surface area contributed by atoms with Gasteiger partial charge in [-0.2, -0.15) is 0 Å². The monoisotopic (exact) mass is 332 g/mol. The second-order valence-electron chi connectivity index (χ2n) is 5.14. The Morgan fingerprint density at radius 1 is 0.917 bits per heavy atom. The zero-order valence-electron chi connectivity index (χ0n) is 14.2. The molecule has 0 spiro atoms. The maximum Gasteiger partial charge on any atom is 0.333 e. The fourth-order valence-corrected chi connectivity index (χ4v) is 2.30. The summed E-state index contributed by atoms with van der Waals surface area (Å²) in [5.41, 5.74) is 0.529. The molecule has 0 aromatic heterocycles. The topological polar surface area (TPSA) is 76.2 Å². The van der Waals surface area contributed by atoms with Crippen molar-refractivity contribution in [2.45, 2.75) is 13.8 Å². The molecule has 0 N–H and O–H groups in total. The molecule has 0 aliphatic carbocycles. The van der Waals surface area contributed by atoms with E-state index >= 15 is 0 Å². The summed E-state index contributed by atoms with van der Waals surface area (Å²) in [6, 6.07) is 4.48. The van der Waals surface area contributed by atoms with Gasteiger partial charge in [0.15, 0.2) is 11.5 Å². The van der Waals surface area contributed by atoms with Crippen LogP contribution in [-0.2, 0) is 9.59 Å². The second-order valence-corrected chi connectivity index (χ2v) is 5.14. The van der Waals surface area contributed by atoms with Crippen molar-refractivity contribution in [1.29, 1.82) is 0 Å². The van der Waals surface area contributed by atoms with Crippen molar-refractivity contribution in [3.05, 3.63) is 29.3 Å². The van der Waals surface area contributed by atoms with E-state index in [0.717, 1.165) is 9.80 Å². The Labute approximate surface area is 140 Å². The molecule has 128 valence electrons. The maximum absolute atomic E-state index is 12.2. The zero-order valence-corrected chi connectivity index (χ0v) is 14.2. The molecule has 0 radical (unpaired) electrons. The summed E-state index contributed by atoms with van der Waals surface area (Å²) in [4.78, 5) is 38.0. The highest BCUT2D eigenvalue weighted by Gasteiger charge is 2.37. The molecule has 24 heavy (non-hydrogen) atoms. The Bertz CT molecular complexity index is 685. The SMILES string of the molecule is CCOc1ccc(C=C2C(=O)N(C)C(=O)N(C)C2=O)cc1OCC. The highest BCUT2D eigenvalue weighted by Crippen LogP contribution is 2.30. The van der Waals surface area contributed by atoms with Gasteiger partial charge in [0.25, 0.3) is 11.8 Å². The van der Waals surface area contributed by atoms with E-state index in [1.54, 1.807) is 18.2 Å². The minimum atomic E-state index is -0.649. The summed E-state index contributed by atoms with van der Waals surface area (Å²) in [5.74, 6) is -0.140. The van der Waals surface area contributed by atoms with Crippen LogP contribution in [0.4, 0.5) is 4.79 Å². The molecular weight excluding hydrogens is 312 g/mol. The predicted molar refractivity (Wildman–Crippen MR) is 87.7 cm³/mol. The summed E-state index contributed by atoms with van der Waals surface area (Å²) < 4.78 is 11.0. The molecule has 4 amide bonds. The van der Waals surface area contributed by atoms with Crippen molar-refractivity contribution < 1.29 is 23.9 Å². The third kappa shape index (κ3) is 3.24. The lowest BCUT2D eigenvalue weighted by atomic mass is 10.1. The van der Waals surface area contributed by atoms with E-state index < -0.39 is 17.8 Å². The van der Waals surface area contributed by atoms with E-state index in [4.69, 9.17) is 9.47 Å². The van der Waals surface area contributed by atoms with Crippen molar-refractivity contribution in [3.8, 4) is 11.5 Å². The van der Waals surface area contributed by atoms with Crippen LogP contribution in [0.15, 0.2) is 23.8 Å². The number of hydrogen-bond donors (Lipinski definition) is 0. The van der Waals surface area contributed by atoms with E-state index in [2.05, 4.69) is 0 Å². The number of carbonyl (C=O) groups is 3. The van der Waals surface area contributed by atoms with Crippen LogP contribution in [0.5, 0.6) is 11.5 Å². The predicted octanol–water partition coefficient (Wildman–Crippen LogP) is 1.92. The number of amides is 4. The largest absolute Gasteiger partial charge is 0.490 e. The van der Waals surface area contributed by atoms with Crippen LogP contribution < -0.4 is 9.47 Å². The van der Waals surface area contributed by atoms with Gasteiger partial charge in [0.1, 0.15) is 5.57 Å². The lowest BCUT2D eigenvalue weighted by molar-refractivity contribution is -0.134. The maximum atomic E-state index is 12.2. The Hall–Kier alpha value is -2.83. The van der Waals surface area contributed by atoms with E-state index in [0.29, 0.717) is 30.3 Å². The van der Waals surface area contributed by atoms with E-state index in [9.17, 15) is 14.4 Å². The fraction of sp³-hybridized carbons (Fsp3) is 0.353. The van der Waals surface area contributed by atoms with Gasteiger partial charge in [-0.1, -0.05) is 6.07 Å². The molecule has 7 heteroatoms. The summed E-state index contributed by atoms with van der Waals surface area (Å²) in [7, 11) is 2.68. The summed E-state index contributed by atoms with van der Waals surface area (Å²) in [6.07, 6.45) is 1.45. The minimum Gasteiger partial charge on any atom is -0.490 e. The van der Waals surface area contributed by atoms with Crippen LogP contribution in [0, 0.1) is 0 Å². The van der Waals surface area contributed by atoms with Crippen LogP contribution in [0.2, 0.25) is 0 Å². The molecule has 0 atom stereocenters. The normalized spacial score (nSPS) is 15.0. The molecule has 1 aromatic rings. The fourth-order valence-electron chi connectivity index (χ4n) is 2.30. The quantitative estimate of drug-likeness (QED) is 0.608. The molecular formula is C17H20N2O5. The molecule has 0 unspecified atom stereocenters. The molecule has 2 rings (SSSR count). The minimum absolute atomic E-state index is 0.0776. The lowest BCUT2D eigenvalue weighted by Gasteiger charge is -2.28. The number of hydrogen-bond acceptors (Lipinski definition) is 5. The van der Waals surface area contributed by atoms with Crippen molar-refractivity contribution in [2.75, 3.05) is 27.3 Å². The number of urea groups is 1. The summed E-state index contributed by atoms with van der Waals surface area (Å²) in [6.45, 7) is 4.67. The van der Waals surface area contributed by atoms with Crippen LogP contribution in [0.3, 0.4) is 0 Å². The third-order valence-electron chi connectivity index (χ3n) is 3.52. The van der Waals surface area contributed by atoms with E-state index in [1.807, 2.05) is 13.8 Å². The average molecular weight is 332 g/mol. The number of imide groups is 2. The van der Waals surface area contributed by atoms with Gasteiger partial charge < -0.3 is 9.47 Å². The third-order valence-corrected chi connectivity index (χ3v) is 3.52. The Morgan fingerprint density at radius 2 is 1.46 bits per heavy atom. The number of likely N-dealkylation sites (N-methyl/N-ethyl adjacent to an activating group) is 2. The molecule has 1 aromatic carbocycles. The smallest absolute Gasteiger partial charge is 0.333 e. The van der Waals surface area contributed by atoms with Crippen molar-refractivity contribution in [1.82, 2.24) is 9.80 Å². The summed E-state index contributed by atoms with van der Waals surface area (Å²) >= 11 is 0. The Balaban J connectivity index is 2.42. The standard InChI is InChI=1S/C17H20N2O5/c1-5-23-13-8-7-11(10-14(13)24-6-2)9-12-15(20)18(3)17(22)19(4)16(12)21/h7-10H,5-6H2,1-4H3. The molecule has 1 fully saturated rings. The highest BCUT2D eigenvalue weighted by molar-refractivity contribution is 6.30. The van der Waals surface area contributed by atoms with Gasteiger partial charge >= 0.3 is 6.03 Å². The number of rotatable bonds is 5. The van der Waals surface area contributed by atoms with Gasteiger partial charge in [-0.25, -0.2) is 4.79 Å². The molecule has 0 saturated carbocycles. The van der Waals surface area contributed by atoms with Crippen LogP contribution in [0.1, 0.15) is 19.4 Å². The number of carbonyl (C=O) groups excluding carboxylic acids is 3. The van der Waals surface area contributed by atoms with Crippen molar-refractivity contribution in [3.63, 3.8) is 0 Å². The van der Waals surface area contributed by atoms with Gasteiger partial charge in [0, 0.05) is 14.1 Å². The van der Waals surface area contributed by atoms with Crippen LogP contribution in [-0.4, -0.2) is 55.0 Å². The van der Waals surface area contributed by atoms with Crippen LogP contribution >= 0.6 is 0 Å². The second kappa shape index (κ2) is 7.16. The first kappa shape index (κ1) is 17.5. The molecule has 1 aliphatic rings. The first-order chi connectivity index (χ1) is 11.4. The number of benzene rings is 1. The zero-order chi connectivity index (χ0) is 17.9. The van der Waals surface area contributed by atoms with Crippen molar-refractivity contribution in [2.24, 2.45) is 0 Å². The number of ether oxygens (including phenoxy) is 2. The molecule has 1 heterocycles. The number of nitrogens with zero attached hydrogens (tertiary/aromatic N) is 2. The van der Waals surface area contributed by atoms with Gasteiger partial charge in [0.05, 0.1) is 13.2 Å². The Kier molecular flexibility index (Phi) is 5.23. The summed E-state index contributed by atoms with van der Waals surface area (Å²) in [5, 5.41) is 0. The molecule has 0 bridgehead atoms. The van der Waals surface area contributed by atoms with Gasteiger partial charge in [-0.15, -0.1) is 0 Å². The first-order valence-corrected chi connectivity index (χ1v) is 7.62. The molecule has 1 saturated heterocycles. The van der Waals surface area contributed by atoms with Crippen LogP contribution in [0.25, 0.3) is 6.08 Å². The van der Waals surface area contributed by atoms with Crippen molar-refractivity contribution >= 4 is 23.9 Å². The highest BCUT2D eigenvalue weighted by atomic mass is 16.5. The lowest BCUT2D eigenvalue weighted by Crippen LogP contribution is -2.52. The average Bonchev–Trinajstić information content (AvgIpc) is 2.58. The van der Waals surface area contributed by atoms with E-state index in [1.165, 1.54) is 20.2 Å². The van der Waals surface area contributed by atoms with Gasteiger partial charge in [0.2, 0.25) is 0 Å². The van der Waals surface area contributed by atoms with E-state index in [-0.39, 0.29) is 5.57 Å². The van der Waals surface area contributed by atoms with Gasteiger partial charge in [-0.05, 0) is 37.6 Å². The first-order valence-electron chi connectivity index (χ1n) is 7.62.